The van der Waals surface area contributed by atoms with Crippen LogP contribution in [0.15, 0.2) is 0 Å². The molecule has 106 valence electrons. The minimum atomic E-state index is 0.375. The molecule has 0 bridgehead atoms. The van der Waals surface area contributed by atoms with Crippen molar-refractivity contribution in [2.45, 2.75) is 71.9 Å². The van der Waals surface area contributed by atoms with E-state index in [1.54, 1.807) is 0 Å². The van der Waals surface area contributed by atoms with Gasteiger partial charge in [-0.15, -0.1) is 0 Å². The van der Waals surface area contributed by atoms with E-state index in [4.69, 9.17) is 0 Å². The van der Waals surface area contributed by atoms with Crippen LogP contribution in [0.3, 0.4) is 0 Å². The second-order valence-corrected chi connectivity index (χ2v) is 7.14. The molecule has 0 aromatic heterocycles. The van der Waals surface area contributed by atoms with E-state index in [0.717, 1.165) is 12.5 Å². The third kappa shape index (κ3) is 2.60. The Hall–Kier alpha value is -0.0800. The molecule has 1 aliphatic heterocycles. The molecule has 1 heterocycles. The first-order chi connectivity index (χ1) is 8.47. The van der Waals surface area contributed by atoms with Crippen LogP contribution in [0.1, 0.15) is 60.3 Å². The highest BCUT2D eigenvalue weighted by molar-refractivity contribution is 5.02. The number of nitrogens with one attached hydrogen (secondary N) is 1. The fourth-order valence-electron chi connectivity index (χ4n) is 3.51. The van der Waals surface area contributed by atoms with Crippen molar-refractivity contribution >= 4 is 0 Å². The van der Waals surface area contributed by atoms with Gasteiger partial charge in [-0.1, -0.05) is 27.7 Å². The zero-order valence-corrected chi connectivity index (χ0v) is 13.1. The SMILES string of the molecule is CCC1(CC)CN(CC2(C(C)C)CC2)C(C)CN1. The highest BCUT2D eigenvalue weighted by atomic mass is 15.3. The molecule has 1 unspecified atom stereocenters. The zero-order chi connectivity index (χ0) is 13.4. The minimum Gasteiger partial charge on any atom is -0.308 e. The van der Waals surface area contributed by atoms with E-state index in [1.807, 2.05) is 0 Å². The van der Waals surface area contributed by atoms with E-state index in [1.165, 1.54) is 38.8 Å². The lowest BCUT2D eigenvalue weighted by atomic mass is 9.86. The number of piperazine rings is 1. The fourth-order valence-corrected chi connectivity index (χ4v) is 3.51. The van der Waals surface area contributed by atoms with Crippen molar-refractivity contribution in [3.8, 4) is 0 Å². The summed E-state index contributed by atoms with van der Waals surface area (Å²) >= 11 is 0. The predicted molar refractivity (Wildman–Crippen MR) is 78.9 cm³/mol. The van der Waals surface area contributed by atoms with Gasteiger partial charge < -0.3 is 5.32 Å². The van der Waals surface area contributed by atoms with Gasteiger partial charge in [0, 0.05) is 31.2 Å². The van der Waals surface area contributed by atoms with Crippen LogP contribution in [0.4, 0.5) is 0 Å². The second kappa shape index (κ2) is 5.13. The van der Waals surface area contributed by atoms with E-state index >= 15 is 0 Å². The zero-order valence-electron chi connectivity index (χ0n) is 13.1. The van der Waals surface area contributed by atoms with Gasteiger partial charge in [-0.2, -0.15) is 0 Å². The molecular weight excluding hydrogens is 220 g/mol. The smallest absolute Gasteiger partial charge is 0.0304 e. The van der Waals surface area contributed by atoms with E-state index in [-0.39, 0.29) is 0 Å². The molecule has 1 saturated carbocycles. The Morgan fingerprint density at radius 3 is 2.28 bits per heavy atom. The van der Waals surface area contributed by atoms with Gasteiger partial charge >= 0.3 is 0 Å². The average molecular weight is 252 g/mol. The van der Waals surface area contributed by atoms with Gasteiger partial charge in [0.05, 0.1) is 0 Å². The number of rotatable bonds is 5. The Bertz CT molecular complexity index is 275. The lowest BCUT2D eigenvalue weighted by molar-refractivity contribution is 0.0541. The van der Waals surface area contributed by atoms with E-state index < -0.39 is 0 Å². The van der Waals surface area contributed by atoms with Gasteiger partial charge in [0.1, 0.15) is 0 Å². The summed E-state index contributed by atoms with van der Waals surface area (Å²) in [5, 5.41) is 3.81. The Balaban J connectivity index is 2.02. The summed E-state index contributed by atoms with van der Waals surface area (Å²) in [5.74, 6) is 0.845. The van der Waals surface area contributed by atoms with Crippen LogP contribution in [-0.2, 0) is 0 Å². The third-order valence-corrected chi connectivity index (χ3v) is 5.89. The second-order valence-electron chi connectivity index (χ2n) is 7.14. The quantitative estimate of drug-likeness (QED) is 0.808. The maximum atomic E-state index is 3.81. The molecule has 1 atom stereocenters. The van der Waals surface area contributed by atoms with Crippen molar-refractivity contribution in [2.75, 3.05) is 19.6 Å². The molecule has 2 rings (SSSR count). The molecule has 2 aliphatic rings. The van der Waals surface area contributed by atoms with Crippen molar-refractivity contribution in [3.63, 3.8) is 0 Å². The lowest BCUT2D eigenvalue weighted by Gasteiger charge is -2.48. The maximum Gasteiger partial charge on any atom is 0.0304 e. The standard InChI is InChI=1S/C16H32N2/c1-6-16(7-2)12-18(14(5)10-17-16)11-15(8-9-15)13(3)4/h13-14,17H,6-12H2,1-5H3. The van der Waals surface area contributed by atoms with Crippen LogP contribution >= 0.6 is 0 Å². The summed E-state index contributed by atoms with van der Waals surface area (Å²) in [6.45, 7) is 15.6. The molecule has 0 aromatic rings. The van der Waals surface area contributed by atoms with Crippen molar-refractivity contribution in [1.29, 1.82) is 0 Å². The van der Waals surface area contributed by atoms with Crippen molar-refractivity contribution in [2.24, 2.45) is 11.3 Å². The Morgan fingerprint density at radius 2 is 1.83 bits per heavy atom. The van der Waals surface area contributed by atoms with Crippen LogP contribution in [0.5, 0.6) is 0 Å². The van der Waals surface area contributed by atoms with Crippen molar-refractivity contribution < 1.29 is 0 Å². The fraction of sp³-hybridized carbons (Fsp3) is 1.00. The first kappa shape index (κ1) is 14.3. The molecule has 0 amide bonds. The molecule has 0 aromatic carbocycles. The monoisotopic (exact) mass is 252 g/mol. The van der Waals surface area contributed by atoms with Crippen LogP contribution < -0.4 is 5.32 Å². The van der Waals surface area contributed by atoms with Gasteiger partial charge in [0.2, 0.25) is 0 Å². The number of hydrogen-bond acceptors (Lipinski definition) is 2. The molecule has 2 fully saturated rings. The van der Waals surface area contributed by atoms with Gasteiger partial charge in [0.15, 0.2) is 0 Å². The topological polar surface area (TPSA) is 15.3 Å². The first-order valence-corrected chi connectivity index (χ1v) is 7.96. The van der Waals surface area contributed by atoms with E-state index in [2.05, 4.69) is 44.8 Å². The summed E-state index contributed by atoms with van der Waals surface area (Å²) in [6, 6.07) is 0.701. The molecule has 2 heteroatoms. The van der Waals surface area contributed by atoms with Crippen LogP contribution in [-0.4, -0.2) is 36.1 Å². The minimum absolute atomic E-state index is 0.375. The van der Waals surface area contributed by atoms with Crippen molar-refractivity contribution in [3.05, 3.63) is 0 Å². The molecule has 1 aliphatic carbocycles. The maximum absolute atomic E-state index is 3.81. The first-order valence-electron chi connectivity index (χ1n) is 7.96. The summed E-state index contributed by atoms with van der Waals surface area (Å²) < 4.78 is 0. The predicted octanol–water partition coefficient (Wildman–Crippen LogP) is 3.28. The van der Waals surface area contributed by atoms with Crippen molar-refractivity contribution in [1.82, 2.24) is 10.2 Å². The largest absolute Gasteiger partial charge is 0.308 e. The highest BCUT2D eigenvalue weighted by Gasteiger charge is 2.48. The average Bonchev–Trinajstić information content (AvgIpc) is 3.14. The number of nitrogens with zero attached hydrogens (tertiary/aromatic N) is 1. The molecule has 2 nitrogen and oxygen atoms in total. The Kier molecular flexibility index (Phi) is 4.08. The summed E-state index contributed by atoms with van der Waals surface area (Å²) in [4.78, 5) is 2.77. The summed E-state index contributed by atoms with van der Waals surface area (Å²) in [5.41, 5.74) is 1.03. The van der Waals surface area contributed by atoms with Gasteiger partial charge in [-0.05, 0) is 43.9 Å². The molecular formula is C16H32N2. The van der Waals surface area contributed by atoms with Crippen LogP contribution in [0.2, 0.25) is 0 Å². The molecule has 0 spiro atoms. The molecule has 0 radical (unpaired) electrons. The molecule has 18 heavy (non-hydrogen) atoms. The molecule has 1 N–H and O–H groups in total. The Labute approximate surface area is 114 Å². The summed E-state index contributed by atoms with van der Waals surface area (Å²) in [6.07, 6.45) is 5.40. The van der Waals surface area contributed by atoms with Crippen LogP contribution in [0.25, 0.3) is 0 Å². The molecule has 1 saturated heterocycles. The van der Waals surface area contributed by atoms with Gasteiger partial charge in [-0.3, -0.25) is 4.90 Å². The van der Waals surface area contributed by atoms with Gasteiger partial charge in [0.25, 0.3) is 0 Å². The van der Waals surface area contributed by atoms with E-state index in [9.17, 15) is 0 Å². The Morgan fingerprint density at radius 1 is 1.22 bits per heavy atom. The normalized spacial score (nSPS) is 30.7. The lowest BCUT2D eigenvalue weighted by Crippen LogP contribution is -2.63. The van der Waals surface area contributed by atoms with Crippen LogP contribution in [0, 0.1) is 11.3 Å². The van der Waals surface area contributed by atoms with Gasteiger partial charge in [-0.25, -0.2) is 0 Å². The number of hydrogen-bond donors (Lipinski definition) is 1. The highest BCUT2D eigenvalue weighted by Crippen LogP contribution is 2.52. The van der Waals surface area contributed by atoms with E-state index in [0.29, 0.717) is 17.0 Å². The summed E-state index contributed by atoms with van der Waals surface area (Å²) in [7, 11) is 0. The third-order valence-electron chi connectivity index (χ3n) is 5.89.